The number of nitrogens with zero attached hydrogens (tertiary/aromatic N) is 1. The van der Waals surface area contributed by atoms with Gasteiger partial charge in [-0.15, -0.1) is 0 Å². The molecule has 1 amide bonds. The van der Waals surface area contributed by atoms with Gasteiger partial charge in [0.2, 0.25) is 5.91 Å². The van der Waals surface area contributed by atoms with Crippen LogP contribution in [0.4, 0.5) is 5.69 Å². The Morgan fingerprint density at radius 3 is 2.87 bits per heavy atom. The van der Waals surface area contributed by atoms with Gasteiger partial charge in [0.05, 0.1) is 6.42 Å². The fraction of sp³-hybridized carbons (Fsp3) is 0.417. The molecule has 0 radical (unpaired) electrons. The van der Waals surface area contributed by atoms with Gasteiger partial charge in [-0.3, -0.25) is 4.79 Å². The molecule has 2 N–H and O–H groups in total. The smallest absolute Gasteiger partial charge is 0.227 e. The molecule has 1 fully saturated rings. The topological polar surface area (TPSA) is 46.3 Å². The van der Waals surface area contributed by atoms with Crippen molar-refractivity contribution in [1.82, 2.24) is 4.90 Å². The van der Waals surface area contributed by atoms with E-state index in [1.165, 1.54) is 18.4 Å². The van der Waals surface area contributed by atoms with Crippen LogP contribution in [0.1, 0.15) is 24.0 Å². The molecule has 0 spiro atoms. The van der Waals surface area contributed by atoms with Gasteiger partial charge in [0.15, 0.2) is 0 Å². The number of rotatable bonds is 1. The molecule has 3 rings (SSSR count). The van der Waals surface area contributed by atoms with Gasteiger partial charge >= 0.3 is 0 Å². The second kappa shape index (κ2) is 2.99. The van der Waals surface area contributed by atoms with Gasteiger partial charge in [0.25, 0.3) is 0 Å². The monoisotopic (exact) mass is 202 g/mol. The van der Waals surface area contributed by atoms with Crippen molar-refractivity contribution in [3.63, 3.8) is 0 Å². The average Bonchev–Trinajstić information content (AvgIpc) is 3.02. The summed E-state index contributed by atoms with van der Waals surface area (Å²) in [5.74, 6) is 0.239. The van der Waals surface area contributed by atoms with Gasteiger partial charge in [0.1, 0.15) is 0 Å². The van der Waals surface area contributed by atoms with Crippen molar-refractivity contribution in [3.05, 3.63) is 29.3 Å². The number of anilines is 1. The molecular formula is C12H14N2O. The Morgan fingerprint density at radius 1 is 1.33 bits per heavy atom. The van der Waals surface area contributed by atoms with Crippen LogP contribution in [-0.4, -0.2) is 16.8 Å². The number of nitrogens with two attached hydrogens (primary N) is 1. The predicted octanol–water partition coefficient (Wildman–Crippen LogP) is 1.32. The molecular weight excluding hydrogens is 188 g/mol. The van der Waals surface area contributed by atoms with Crippen LogP contribution in [0.5, 0.6) is 0 Å². The molecule has 0 saturated heterocycles. The van der Waals surface area contributed by atoms with Gasteiger partial charge in [-0.2, -0.15) is 0 Å². The number of carbonyl (C=O) groups is 1. The molecule has 0 unspecified atom stereocenters. The third kappa shape index (κ3) is 1.39. The Labute approximate surface area is 88.9 Å². The van der Waals surface area contributed by atoms with Crippen LogP contribution in [0.25, 0.3) is 0 Å². The molecule has 0 aromatic heterocycles. The van der Waals surface area contributed by atoms with E-state index in [1.54, 1.807) is 0 Å². The molecule has 1 aromatic rings. The molecule has 1 saturated carbocycles. The fourth-order valence-corrected chi connectivity index (χ4v) is 2.26. The quantitative estimate of drug-likeness (QED) is 0.698. The first-order valence-electron chi connectivity index (χ1n) is 5.41. The SMILES string of the molecule is Nc1cccc2c1CC(=O)N(C1CC1)C2. The molecule has 0 bridgehead atoms. The van der Waals surface area contributed by atoms with Crippen molar-refractivity contribution < 1.29 is 4.79 Å². The maximum absolute atomic E-state index is 11.9. The first-order valence-corrected chi connectivity index (χ1v) is 5.41. The first-order chi connectivity index (χ1) is 7.25. The summed E-state index contributed by atoms with van der Waals surface area (Å²) < 4.78 is 0. The number of fused-ring (bicyclic) bond motifs is 1. The highest BCUT2D eigenvalue weighted by atomic mass is 16.2. The molecule has 3 nitrogen and oxygen atoms in total. The zero-order valence-electron chi connectivity index (χ0n) is 8.57. The van der Waals surface area contributed by atoms with Crippen molar-refractivity contribution in [2.24, 2.45) is 0 Å². The number of amides is 1. The Kier molecular flexibility index (Phi) is 1.75. The van der Waals surface area contributed by atoms with Crippen LogP contribution >= 0.6 is 0 Å². The first kappa shape index (κ1) is 8.77. The molecule has 1 heterocycles. The summed E-state index contributed by atoms with van der Waals surface area (Å²) in [6.07, 6.45) is 2.82. The highest BCUT2D eigenvalue weighted by molar-refractivity contribution is 5.83. The van der Waals surface area contributed by atoms with Crippen molar-refractivity contribution >= 4 is 11.6 Å². The Bertz CT molecular complexity index is 424. The van der Waals surface area contributed by atoms with Crippen LogP contribution in [0.2, 0.25) is 0 Å². The minimum atomic E-state index is 0.239. The minimum Gasteiger partial charge on any atom is -0.398 e. The van der Waals surface area contributed by atoms with Crippen LogP contribution < -0.4 is 5.73 Å². The number of hydrogen-bond donors (Lipinski definition) is 1. The maximum Gasteiger partial charge on any atom is 0.227 e. The molecule has 1 aliphatic heterocycles. The van der Waals surface area contributed by atoms with E-state index < -0.39 is 0 Å². The molecule has 1 aromatic carbocycles. The fourth-order valence-electron chi connectivity index (χ4n) is 2.26. The predicted molar refractivity (Wildman–Crippen MR) is 58.1 cm³/mol. The van der Waals surface area contributed by atoms with E-state index in [0.717, 1.165) is 17.8 Å². The lowest BCUT2D eigenvalue weighted by molar-refractivity contribution is -0.132. The summed E-state index contributed by atoms with van der Waals surface area (Å²) in [7, 11) is 0. The minimum absolute atomic E-state index is 0.239. The van der Waals surface area contributed by atoms with E-state index in [0.29, 0.717) is 12.5 Å². The van der Waals surface area contributed by atoms with Gasteiger partial charge in [0, 0.05) is 18.3 Å². The summed E-state index contributed by atoms with van der Waals surface area (Å²) >= 11 is 0. The van der Waals surface area contributed by atoms with E-state index in [1.807, 2.05) is 17.0 Å². The van der Waals surface area contributed by atoms with E-state index in [-0.39, 0.29) is 5.91 Å². The van der Waals surface area contributed by atoms with Gasteiger partial charge in [-0.25, -0.2) is 0 Å². The maximum atomic E-state index is 11.9. The normalized spacial score (nSPS) is 20.3. The average molecular weight is 202 g/mol. The number of hydrogen-bond acceptors (Lipinski definition) is 2. The van der Waals surface area contributed by atoms with Gasteiger partial charge < -0.3 is 10.6 Å². The summed E-state index contributed by atoms with van der Waals surface area (Å²) in [5, 5.41) is 0. The lowest BCUT2D eigenvalue weighted by atomic mass is 9.97. The van der Waals surface area contributed by atoms with Crippen LogP contribution in [0.15, 0.2) is 18.2 Å². The van der Waals surface area contributed by atoms with Crippen LogP contribution in [0.3, 0.4) is 0 Å². The lowest BCUT2D eigenvalue weighted by Gasteiger charge is -2.29. The molecule has 3 heteroatoms. The molecule has 2 aliphatic rings. The Hall–Kier alpha value is -1.51. The summed E-state index contributed by atoms with van der Waals surface area (Å²) in [6.45, 7) is 0.754. The highest BCUT2D eigenvalue weighted by Gasteiger charge is 2.35. The second-order valence-electron chi connectivity index (χ2n) is 4.41. The highest BCUT2D eigenvalue weighted by Crippen LogP contribution is 2.33. The molecule has 1 aliphatic carbocycles. The van der Waals surface area contributed by atoms with Crippen molar-refractivity contribution in [3.8, 4) is 0 Å². The summed E-state index contributed by atoms with van der Waals surface area (Å²) in [6, 6.07) is 6.42. The summed E-state index contributed by atoms with van der Waals surface area (Å²) in [5.41, 5.74) is 8.90. The van der Waals surface area contributed by atoms with Crippen molar-refractivity contribution in [1.29, 1.82) is 0 Å². The Balaban J connectivity index is 1.98. The van der Waals surface area contributed by atoms with E-state index in [4.69, 9.17) is 5.73 Å². The van der Waals surface area contributed by atoms with E-state index in [9.17, 15) is 4.79 Å². The number of carbonyl (C=O) groups excluding carboxylic acids is 1. The molecule has 0 atom stereocenters. The van der Waals surface area contributed by atoms with Crippen LogP contribution in [0, 0.1) is 0 Å². The van der Waals surface area contributed by atoms with Crippen molar-refractivity contribution in [2.45, 2.75) is 31.8 Å². The second-order valence-corrected chi connectivity index (χ2v) is 4.41. The third-order valence-corrected chi connectivity index (χ3v) is 3.29. The van der Waals surface area contributed by atoms with E-state index in [2.05, 4.69) is 6.07 Å². The van der Waals surface area contributed by atoms with Crippen molar-refractivity contribution in [2.75, 3.05) is 5.73 Å². The lowest BCUT2D eigenvalue weighted by Crippen LogP contribution is -2.38. The van der Waals surface area contributed by atoms with Gasteiger partial charge in [-0.1, -0.05) is 12.1 Å². The Morgan fingerprint density at radius 2 is 2.13 bits per heavy atom. The molecule has 15 heavy (non-hydrogen) atoms. The third-order valence-electron chi connectivity index (χ3n) is 3.29. The van der Waals surface area contributed by atoms with Gasteiger partial charge in [-0.05, 0) is 30.0 Å². The molecule has 78 valence electrons. The number of nitrogen functional groups attached to an aromatic ring is 1. The van der Waals surface area contributed by atoms with E-state index >= 15 is 0 Å². The largest absolute Gasteiger partial charge is 0.398 e. The zero-order valence-corrected chi connectivity index (χ0v) is 8.57. The zero-order chi connectivity index (χ0) is 10.4. The number of benzene rings is 1. The standard InChI is InChI=1S/C12H14N2O/c13-11-3-1-2-8-7-14(9-4-5-9)12(15)6-10(8)11/h1-3,9H,4-7,13H2. The van der Waals surface area contributed by atoms with Crippen LogP contribution in [-0.2, 0) is 17.8 Å². The summed E-state index contributed by atoms with van der Waals surface area (Å²) in [4.78, 5) is 13.9.